The molecule has 9 heteroatoms. The highest BCUT2D eigenvalue weighted by Crippen LogP contribution is 2.32. The zero-order valence-corrected chi connectivity index (χ0v) is 17.9. The van der Waals surface area contributed by atoms with Crippen molar-refractivity contribution in [3.63, 3.8) is 0 Å². The second kappa shape index (κ2) is 10.9. The Kier molecular flexibility index (Phi) is 8.85. The lowest BCUT2D eigenvalue weighted by molar-refractivity contribution is -0.135. The predicted molar refractivity (Wildman–Crippen MR) is 109 cm³/mol. The van der Waals surface area contributed by atoms with Gasteiger partial charge in [0.1, 0.15) is 0 Å². The van der Waals surface area contributed by atoms with E-state index < -0.39 is 27.9 Å². The van der Waals surface area contributed by atoms with E-state index in [1.165, 1.54) is 17.4 Å². The number of sulfonamides is 1. The molecule has 0 bridgehead atoms. The first kappa shape index (κ1) is 23.6. The van der Waals surface area contributed by atoms with Gasteiger partial charge >= 0.3 is 5.97 Å². The monoisotopic (exact) mass is 430 g/mol. The average molecular weight is 431 g/mol. The number of nitrogens with zero attached hydrogens (tertiary/aromatic N) is 1. The molecule has 2 N–H and O–H groups in total. The zero-order valence-electron chi connectivity index (χ0n) is 17.1. The number of carboxylic acid groups (broad SMARTS) is 1. The van der Waals surface area contributed by atoms with Gasteiger partial charge in [-0.25, -0.2) is 12.8 Å². The van der Waals surface area contributed by atoms with Crippen molar-refractivity contribution in [1.82, 2.24) is 9.62 Å². The molecule has 164 valence electrons. The van der Waals surface area contributed by atoms with E-state index in [-0.39, 0.29) is 18.0 Å². The van der Waals surface area contributed by atoms with Gasteiger partial charge in [0, 0.05) is 13.1 Å². The topological polar surface area (TPSA) is 95.9 Å². The maximum absolute atomic E-state index is 14.0. The number of hydrogen-bond acceptors (Lipinski definition) is 5. The van der Waals surface area contributed by atoms with Gasteiger partial charge in [-0.3, -0.25) is 4.79 Å². The summed E-state index contributed by atoms with van der Waals surface area (Å²) in [4.78, 5) is 10.4. The number of nitrogens with one attached hydrogen (secondary N) is 1. The molecular weight excluding hydrogens is 399 g/mol. The molecule has 0 heterocycles. The van der Waals surface area contributed by atoms with Crippen molar-refractivity contribution in [3.8, 4) is 5.75 Å². The van der Waals surface area contributed by atoms with Gasteiger partial charge in [0.2, 0.25) is 10.0 Å². The summed E-state index contributed by atoms with van der Waals surface area (Å²) in [6.07, 6.45) is 4.10. The van der Waals surface area contributed by atoms with Crippen LogP contribution in [0.3, 0.4) is 0 Å². The maximum Gasteiger partial charge on any atom is 0.317 e. The van der Waals surface area contributed by atoms with Gasteiger partial charge < -0.3 is 15.2 Å². The zero-order chi connectivity index (χ0) is 21.4. The minimum atomic E-state index is -3.47. The Balaban J connectivity index is 1.84. The van der Waals surface area contributed by atoms with Crippen molar-refractivity contribution in [3.05, 3.63) is 29.6 Å². The fourth-order valence-corrected chi connectivity index (χ4v) is 4.34. The molecule has 0 spiro atoms. The van der Waals surface area contributed by atoms with Gasteiger partial charge in [-0.2, -0.15) is 4.31 Å². The Morgan fingerprint density at radius 3 is 2.72 bits per heavy atom. The summed E-state index contributed by atoms with van der Waals surface area (Å²) >= 11 is 0. The Morgan fingerprint density at radius 1 is 1.34 bits per heavy atom. The van der Waals surface area contributed by atoms with Crippen LogP contribution in [0.1, 0.15) is 50.6 Å². The molecule has 1 aromatic rings. The molecule has 0 amide bonds. The van der Waals surface area contributed by atoms with E-state index in [0.29, 0.717) is 43.9 Å². The largest absolute Gasteiger partial charge is 0.490 e. The van der Waals surface area contributed by atoms with Gasteiger partial charge in [0.05, 0.1) is 18.9 Å². The third kappa shape index (κ3) is 7.91. The number of unbranched alkanes of at least 4 members (excludes halogenated alkanes) is 2. The molecule has 1 atom stereocenters. The first-order chi connectivity index (χ1) is 13.7. The average Bonchev–Trinajstić information content (AvgIpc) is 3.49. The SMILES string of the molecule is C[C@H](c1ccc(F)c(OCC2CC2)c1)N(C)S(=O)(=O)CCCCCNCC(=O)O. The number of benzene rings is 1. The summed E-state index contributed by atoms with van der Waals surface area (Å²) in [7, 11) is -1.94. The quantitative estimate of drug-likeness (QED) is 0.441. The van der Waals surface area contributed by atoms with Gasteiger partial charge in [0.15, 0.2) is 11.6 Å². The Morgan fingerprint density at radius 2 is 2.07 bits per heavy atom. The minimum Gasteiger partial charge on any atom is -0.490 e. The summed E-state index contributed by atoms with van der Waals surface area (Å²) in [6.45, 7) is 2.70. The molecule has 29 heavy (non-hydrogen) atoms. The van der Waals surface area contributed by atoms with E-state index in [9.17, 15) is 17.6 Å². The third-order valence-corrected chi connectivity index (χ3v) is 7.12. The van der Waals surface area contributed by atoms with Crippen LogP contribution >= 0.6 is 0 Å². The van der Waals surface area contributed by atoms with Gasteiger partial charge in [-0.15, -0.1) is 0 Å². The lowest BCUT2D eigenvalue weighted by Crippen LogP contribution is -2.32. The second-order valence-electron chi connectivity index (χ2n) is 7.58. The smallest absolute Gasteiger partial charge is 0.317 e. The summed E-state index contributed by atoms with van der Waals surface area (Å²) in [5.41, 5.74) is 0.682. The Bertz CT molecular complexity index is 783. The highest BCUT2D eigenvalue weighted by atomic mass is 32.2. The number of halogens is 1. The molecule has 1 aromatic carbocycles. The van der Waals surface area contributed by atoms with E-state index in [1.807, 2.05) is 0 Å². The fraction of sp³-hybridized carbons (Fsp3) is 0.650. The molecule has 2 rings (SSSR count). The van der Waals surface area contributed by atoms with Crippen LogP contribution in [0.5, 0.6) is 5.75 Å². The van der Waals surface area contributed by atoms with Crippen molar-refractivity contribution < 1.29 is 27.4 Å². The van der Waals surface area contributed by atoms with E-state index in [0.717, 1.165) is 12.8 Å². The summed E-state index contributed by atoms with van der Waals surface area (Å²) in [5.74, 6) is -0.675. The molecular formula is C20H31FN2O5S. The van der Waals surface area contributed by atoms with Crippen LogP contribution in [-0.2, 0) is 14.8 Å². The van der Waals surface area contributed by atoms with Crippen molar-refractivity contribution in [2.45, 2.75) is 45.1 Å². The molecule has 1 fully saturated rings. The number of rotatable bonds is 14. The molecule has 0 saturated heterocycles. The normalized spacial score (nSPS) is 15.4. The molecule has 0 aromatic heterocycles. The minimum absolute atomic E-state index is 0.0129. The third-order valence-electron chi connectivity index (χ3n) is 5.13. The highest BCUT2D eigenvalue weighted by Gasteiger charge is 2.26. The number of carbonyl (C=O) groups is 1. The van der Waals surface area contributed by atoms with Crippen LogP contribution in [0.4, 0.5) is 4.39 Å². The Labute approximate surface area is 172 Å². The van der Waals surface area contributed by atoms with Crippen LogP contribution in [0.25, 0.3) is 0 Å². The number of carboxylic acids is 1. The molecule has 1 saturated carbocycles. The number of aliphatic carboxylic acids is 1. The van der Waals surface area contributed by atoms with Crippen molar-refractivity contribution in [1.29, 1.82) is 0 Å². The van der Waals surface area contributed by atoms with Crippen molar-refractivity contribution >= 4 is 16.0 Å². The summed E-state index contributed by atoms with van der Waals surface area (Å²) in [6, 6.07) is 4.05. The van der Waals surface area contributed by atoms with E-state index >= 15 is 0 Å². The van der Waals surface area contributed by atoms with Gasteiger partial charge in [0.25, 0.3) is 0 Å². The lowest BCUT2D eigenvalue weighted by Gasteiger charge is -2.25. The molecule has 0 aliphatic heterocycles. The second-order valence-corrected chi connectivity index (χ2v) is 9.73. The predicted octanol–water partition coefficient (Wildman–Crippen LogP) is 2.78. The maximum atomic E-state index is 14.0. The van der Waals surface area contributed by atoms with Crippen molar-refractivity contribution in [2.24, 2.45) is 5.92 Å². The molecule has 0 unspecified atom stereocenters. The molecule has 1 aliphatic carbocycles. The summed E-state index contributed by atoms with van der Waals surface area (Å²) in [5, 5.41) is 11.3. The number of ether oxygens (including phenoxy) is 1. The summed E-state index contributed by atoms with van der Waals surface area (Å²) < 4.78 is 46.1. The Hall–Kier alpha value is -1.71. The van der Waals surface area contributed by atoms with E-state index in [2.05, 4.69) is 5.32 Å². The van der Waals surface area contributed by atoms with E-state index in [4.69, 9.17) is 9.84 Å². The van der Waals surface area contributed by atoms with Crippen LogP contribution in [0.2, 0.25) is 0 Å². The molecule has 0 radical (unpaired) electrons. The number of hydrogen-bond donors (Lipinski definition) is 2. The lowest BCUT2D eigenvalue weighted by atomic mass is 10.1. The molecule has 1 aliphatic rings. The highest BCUT2D eigenvalue weighted by molar-refractivity contribution is 7.89. The first-order valence-electron chi connectivity index (χ1n) is 10.0. The van der Waals surface area contributed by atoms with Crippen molar-refractivity contribution in [2.75, 3.05) is 32.5 Å². The van der Waals surface area contributed by atoms with Gasteiger partial charge in [-0.1, -0.05) is 12.5 Å². The van der Waals surface area contributed by atoms with Crippen LogP contribution in [-0.4, -0.2) is 56.3 Å². The standard InChI is InChI=1S/C20H31FN2O5S/c1-15(17-8-9-18(21)19(12-17)28-14-16-6-7-16)23(2)29(26,27)11-5-3-4-10-22-13-20(24)25/h8-9,12,15-16,22H,3-7,10-11,13-14H2,1-2H3,(H,24,25)/t15-/m1/s1. The first-order valence-corrected chi connectivity index (χ1v) is 11.6. The van der Waals surface area contributed by atoms with Crippen LogP contribution < -0.4 is 10.1 Å². The van der Waals surface area contributed by atoms with Crippen LogP contribution in [0.15, 0.2) is 18.2 Å². The van der Waals surface area contributed by atoms with Crippen LogP contribution in [0, 0.1) is 11.7 Å². The molecule has 7 nitrogen and oxygen atoms in total. The van der Waals surface area contributed by atoms with Gasteiger partial charge in [-0.05, 0) is 62.8 Å². The fourth-order valence-electron chi connectivity index (χ4n) is 2.88. The van der Waals surface area contributed by atoms with E-state index in [1.54, 1.807) is 19.1 Å².